The number of hydrogen-bond acceptors (Lipinski definition) is 7. The lowest BCUT2D eigenvalue weighted by Gasteiger charge is -2.26. The predicted molar refractivity (Wildman–Crippen MR) is 126 cm³/mol. The van der Waals surface area contributed by atoms with Crippen LogP contribution in [0.25, 0.3) is 10.9 Å². The monoisotopic (exact) mass is 455 g/mol. The molecule has 0 saturated carbocycles. The zero-order valence-electron chi connectivity index (χ0n) is 18.2. The number of halogens is 1. The van der Waals surface area contributed by atoms with E-state index in [1.54, 1.807) is 26.2 Å². The zero-order chi connectivity index (χ0) is 22.7. The molecule has 32 heavy (non-hydrogen) atoms. The van der Waals surface area contributed by atoms with E-state index in [4.69, 9.17) is 16.3 Å². The van der Waals surface area contributed by atoms with Crippen molar-refractivity contribution < 1.29 is 9.53 Å². The second kappa shape index (κ2) is 9.56. The van der Waals surface area contributed by atoms with Gasteiger partial charge in [-0.1, -0.05) is 18.5 Å². The Bertz CT molecular complexity index is 1200. The Kier molecular flexibility index (Phi) is 6.60. The fraction of sp³-hybridized carbons (Fsp3) is 0.391. The number of carbonyl (C=O) groups is 1. The number of ketones is 1. The lowest BCUT2D eigenvalue weighted by atomic mass is 10.1. The van der Waals surface area contributed by atoms with Gasteiger partial charge in [-0.15, -0.1) is 0 Å². The molecule has 0 radical (unpaired) electrons. The van der Waals surface area contributed by atoms with Gasteiger partial charge in [0, 0.05) is 37.6 Å². The van der Waals surface area contributed by atoms with Crippen molar-refractivity contribution in [3.8, 4) is 5.75 Å². The Morgan fingerprint density at radius 1 is 1.22 bits per heavy atom. The van der Waals surface area contributed by atoms with Crippen molar-refractivity contribution in [1.82, 2.24) is 14.5 Å². The van der Waals surface area contributed by atoms with Crippen molar-refractivity contribution in [3.05, 3.63) is 45.8 Å². The summed E-state index contributed by atoms with van der Waals surface area (Å²) in [6.45, 7) is 3.52. The first-order valence-corrected chi connectivity index (χ1v) is 11.2. The molecule has 0 atom stereocenters. The number of aryl methyl sites for hydroxylation is 1. The van der Waals surface area contributed by atoms with E-state index >= 15 is 0 Å². The topological polar surface area (TPSA) is 89.3 Å². The van der Waals surface area contributed by atoms with E-state index in [1.165, 1.54) is 11.0 Å². The van der Waals surface area contributed by atoms with E-state index in [1.807, 2.05) is 18.2 Å². The SMILES string of the molecule is CCC(=O)COc1cc2cc(Nc3nc(N4CCCCC4)ncc3Cl)ccc2n(C)c1=O. The molecule has 1 aromatic carbocycles. The van der Waals surface area contributed by atoms with Crippen molar-refractivity contribution in [1.29, 1.82) is 0 Å². The first kappa shape index (κ1) is 22.1. The van der Waals surface area contributed by atoms with Crippen LogP contribution in [0.15, 0.2) is 35.3 Å². The summed E-state index contributed by atoms with van der Waals surface area (Å²) in [5, 5.41) is 4.48. The number of rotatable bonds is 7. The summed E-state index contributed by atoms with van der Waals surface area (Å²) >= 11 is 6.36. The third-order valence-corrected chi connectivity index (χ3v) is 5.88. The molecule has 9 heteroatoms. The Labute approximate surface area is 191 Å². The summed E-state index contributed by atoms with van der Waals surface area (Å²) in [7, 11) is 1.68. The van der Waals surface area contributed by atoms with Gasteiger partial charge >= 0.3 is 0 Å². The van der Waals surface area contributed by atoms with Crippen molar-refractivity contribution in [3.63, 3.8) is 0 Å². The van der Waals surface area contributed by atoms with Gasteiger partial charge in [0.25, 0.3) is 5.56 Å². The highest BCUT2D eigenvalue weighted by Crippen LogP contribution is 2.28. The van der Waals surface area contributed by atoms with E-state index in [0.717, 1.165) is 42.5 Å². The van der Waals surface area contributed by atoms with Crippen LogP contribution in [0, 0.1) is 0 Å². The number of piperidine rings is 1. The molecular weight excluding hydrogens is 430 g/mol. The van der Waals surface area contributed by atoms with E-state index in [0.29, 0.717) is 23.2 Å². The van der Waals surface area contributed by atoms with Gasteiger partial charge in [0.1, 0.15) is 11.6 Å². The predicted octanol–water partition coefficient (Wildman–Crippen LogP) is 4.07. The minimum atomic E-state index is -0.285. The van der Waals surface area contributed by atoms with Gasteiger partial charge in [0.15, 0.2) is 17.4 Å². The quantitative estimate of drug-likeness (QED) is 0.574. The molecule has 3 heterocycles. The fourth-order valence-corrected chi connectivity index (χ4v) is 3.86. The molecule has 0 amide bonds. The minimum absolute atomic E-state index is 0.0644. The highest BCUT2D eigenvalue weighted by atomic mass is 35.5. The van der Waals surface area contributed by atoms with Crippen LogP contribution in [0.2, 0.25) is 5.02 Å². The van der Waals surface area contributed by atoms with Gasteiger partial charge in [-0.25, -0.2) is 4.98 Å². The van der Waals surface area contributed by atoms with E-state index in [-0.39, 0.29) is 23.7 Å². The van der Waals surface area contributed by atoms with Crippen LogP contribution < -0.4 is 20.5 Å². The second-order valence-corrected chi connectivity index (χ2v) is 8.27. The number of hydrogen-bond donors (Lipinski definition) is 1. The number of nitrogens with zero attached hydrogens (tertiary/aromatic N) is 4. The van der Waals surface area contributed by atoms with E-state index in [2.05, 4.69) is 20.2 Å². The van der Waals surface area contributed by atoms with Gasteiger partial charge in [-0.05, 0) is 43.5 Å². The maximum Gasteiger partial charge on any atom is 0.293 e. The van der Waals surface area contributed by atoms with E-state index in [9.17, 15) is 9.59 Å². The molecule has 0 spiro atoms. The molecule has 3 aromatic rings. The highest BCUT2D eigenvalue weighted by Gasteiger charge is 2.16. The number of pyridine rings is 1. The maximum atomic E-state index is 12.6. The van der Waals surface area contributed by atoms with Gasteiger partial charge in [-0.2, -0.15) is 4.98 Å². The number of benzene rings is 1. The molecule has 1 fully saturated rings. The van der Waals surface area contributed by atoms with Crippen LogP contribution in [-0.2, 0) is 11.8 Å². The average molecular weight is 456 g/mol. The smallest absolute Gasteiger partial charge is 0.293 e. The van der Waals surface area contributed by atoms with Gasteiger partial charge in [-0.3, -0.25) is 9.59 Å². The molecule has 1 N–H and O–H groups in total. The van der Waals surface area contributed by atoms with Gasteiger partial charge in [0.2, 0.25) is 5.95 Å². The maximum absolute atomic E-state index is 12.6. The molecular formula is C23H26ClN5O3. The Balaban J connectivity index is 1.63. The molecule has 8 nitrogen and oxygen atoms in total. The van der Waals surface area contributed by atoms with E-state index < -0.39 is 0 Å². The van der Waals surface area contributed by atoms with Crippen LogP contribution in [0.4, 0.5) is 17.5 Å². The average Bonchev–Trinajstić information content (AvgIpc) is 2.82. The number of aromatic nitrogens is 3. The van der Waals surface area contributed by atoms with Crippen molar-refractivity contribution in [2.45, 2.75) is 32.6 Å². The highest BCUT2D eigenvalue weighted by molar-refractivity contribution is 6.32. The molecule has 0 bridgehead atoms. The summed E-state index contributed by atoms with van der Waals surface area (Å²) in [5.74, 6) is 1.27. The minimum Gasteiger partial charge on any atom is -0.480 e. The summed E-state index contributed by atoms with van der Waals surface area (Å²) in [6.07, 6.45) is 5.47. The Hall–Kier alpha value is -3.13. The summed E-state index contributed by atoms with van der Waals surface area (Å²) in [6, 6.07) is 7.26. The third kappa shape index (κ3) is 4.70. The van der Waals surface area contributed by atoms with Crippen LogP contribution in [-0.4, -0.2) is 40.0 Å². The molecule has 2 aromatic heterocycles. The van der Waals surface area contributed by atoms with Gasteiger partial charge in [0.05, 0.1) is 11.7 Å². The number of carbonyl (C=O) groups excluding carboxylic acids is 1. The van der Waals surface area contributed by atoms with Crippen LogP contribution in [0.1, 0.15) is 32.6 Å². The summed E-state index contributed by atoms with van der Waals surface area (Å²) < 4.78 is 7.00. The zero-order valence-corrected chi connectivity index (χ0v) is 19.0. The fourth-order valence-electron chi connectivity index (χ4n) is 3.72. The van der Waals surface area contributed by atoms with Crippen molar-refractivity contribution in [2.75, 3.05) is 29.9 Å². The normalized spacial score (nSPS) is 13.9. The molecule has 0 aliphatic carbocycles. The third-order valence-electron chi connectivity index (χ3n) is 5.61. The number of Topliss-reactive ketones (excluding diaryl/α,β-unsaturated/α-hetero) is 1. The lowest BCUT2D eigenvalue weighted by molar-refractivity contribution is -0.120. The molecule has 1 aliphatic heterocycles. The van der Waals surface area contributed by atoms with Crippen LogP contribution in [0.5, 0.6) is 5.75 Å². The number of anilines is 3. The Morgan fingerprint density at radius 2 is 2.00 bits per heavy atom. The summed E-state index contributed by atoms with van der Waals surface area (Å²) in [4.78, 5) is 35.4. The second-order valence-electron chi connectivity index (χ2n) is 7.87. The first-order chi connectivity index (χ1) is 15.5. The molecule has 0 unspecified atom stereocenters. The molecule has 168 valence electrons. The van der Waals surface area contributed by atoms with Gasteiger partial charge < -0.3 is 19.5 Å². The van der Waals surface area contributed by atoms with Crippen LogP contribution in [0.3, 0.4) is 0 Å². The van der Waals surface area contributed by atoms with Crippen molar-refractivity contribution >= 4 is 45.7 Å². The lowest BCUT2D eigenvalue weighted by Crippen LogP contribution is -2.31. The molecule has 4 rings (SSSR count). The Morgan fingerprint density at radius 3 is 2.75 bits per heavy atom. The summed E-state index contributed by atoms with van der Waals surface area (Å²) in [5.41, 5.74) is 1.22. The van der Waals surface area contributed by atoms with Crippen LogP contribution >= 0.6 is 11.6 Å². The van der Waals surface area contributed by atoms with Crippen molar-refractivity contribution in [2.24, 2.45) is 7.05 Å². The molecule has 1 aliphatic rings. The standard InChI is InChI=1S/C23H26ClN5O3/c1-3-17(30)14-32-20-12-15-11-16(7-8-19(15)28(2)22(20)31)26-21-18(24)13-25-23(27-21)29-9-5-4-6-10-29/h7-8,11-13H,3-6,9-10,14H2,1-2H3,(H,25,26,27). The molecule has 1 saturated heterocycles. The number of ether oxygens (including phenoxy) is 1. The largest absolute Gasteiger partial charge is 0.480 e. The number of fused-ring (bicyclic) bond motifs is 1. The number of nitrogens with one attached hydrogen (secondary N) is 1. The first-order valence-electron chi connectivity index (χ1n) is 10.8.